The summed E-state index contributed by atoms with van der Waals surface area (Å²) in [4.78, 5) is 10.5. The van der Waals surface area contributed by atoms with E-state index >= 15 is 0 Å². The summed E-state index contributed by atoms with van der Waals surface area (Å²) in [7, 11) is -2.45. The maximum atomic E-state index is 12.2. The highest BCUT2D eigenvalue weighted by Gasteiger charge is 2.39. The number of aliphatic carboxylic acids is 1. The van der Waals surface area contributed by atoms with Crippen LogP contribution in [0, 0.1) is 5.92 Å². The topological polar surface area (TPSA) is 107 Å². The van der Waals surface area contributed by atoms with Gasteiger partial charge in [0.15, 0.2) is 0 Å². The Labute approximate surface area is 120 Å². The highest BCUT2D eigenvalue weighted by molar-refractivity contribution is 7.87. The van der Waals surface area contributed by atoms with Crippen LogP contribution in [0.3, 0.4) is 0 Å². The first kappa shape index (κ1) is 17.4. The lowest BCUT2D eigenvalue weighted by molar-refractivity contribution is -0.137. The van der Waals surface area contributed by atoms with Gasteiger partial charge in [0.2, 0.25) is 0 Å². The predicted molar refractivity (Wildman–Crippen MR) is 74.4 cm³/mol. The number of nitrogens with zero attached hydrogens (tertiary/aromatic N) is 1. The van der Waals surface area contributed by atoms with Gasteiger partial charge in [-0.1, -0.05) is 19.8 Å². The zero-order valence-electron chi connectivity index (χ0n) is 12.0. The molecule has 0 radical (unpaired) electrons. The highest BCUT2D eigenvalue weighted by Crippen LogP contribution is 2.32. The predicted octanol–water partition coefficient (Wildman–Crippen LogP) is 0.169. The maximum Gasteiger partial charge on any atom is 0.304 e. The molecule has 118 valence electrons. The summed E-state index contributed by atoms with van der Waals surface area (Å²) in [5, 5.41) is 18.2. The minimum absolute atomic E-state index is 0.0955. The van der Waals surface area contributed by atoms with E-state index in [0.717, 1.165) is 17.1 Å². The van der Waals surface area contributed by atoms with Crippen molar-refractivity contribution >= 4 is 16.2 Å². The van der Waals surface area contributed by atoms with Crippen LogP contribution in [-0.4, -0.2) is 54.6 Å². The summed E-state index contributed by atoms with van der Waals surface area (Å²) in [6, 6.07) is 0. The Morgan fingerprint density at radius 1 is 1.50 bits per heavy atom. The molecule has 1 aliphatic rings. The molecule has 0 amide bonds. The van der Waals surface area contributed by atoms with Gasteiger partial charge < -0.3 is 10.2 Å². The van der Waals surface area contributed by atoms with Crippen molar-refractivity contribution in [1.82, 2.24) is 9.03 Å². The van der Waals surface area contributed by atoms with Gasteiger partial charge in [-0.15, -0.1) is 0 Å². The van der Waals surface area contributed by atoms with Gasteiger partial charge in [0, 0.05) is 13.6 Å². The number of hydrogen-bond acceptors (Lipinski definition) is 4. The molecule has 0 spiro atoms. The van der Waals surface area contributed by atoms with E-state index < -0.39 is 21.7 Å². The second kappa shape index (κ2) is 6.84. The number of hydrogen-bond donors (Lipinski definition) is 3. The van der Waals surface area contributed by atoms with Gasteiger partial charge in [-0.3, -0.25) is 4.79 Å². The Bertz CT molecular complexity index is 439. The lowest BCUT2D eigenvalue weighted by Gasteiger charge is -2.39. The number of carbonyl (C=O) groups is 1. The fourth-order valence-corrected chi connectivity index (χ4v) is 3.94. The van der Waals surface area contributed by atoms with Crippen LogP contribution in [-0.2, 0) is 15.0 Å². The largest absolute Gasteiger partial charge is 0.481 e. The second-order valence-electron chi connectivity index (χ2n) is 5.71. The van der Waals surface area contributed by atoms with Crippen molar-refractivity contribution in [2.75, 3.05) is 20.2 Å². The standard InChI is InChI=1S/C12H24N2O5S/c1-10-4-3-6-12(8-10,9-15)13-20(18,19)14(2)7-5-11(16)17/h10,13,15H,3-9H2,1-2H3,(H,16,17). The molecule has 0 saturated heterocycles. The molecular weight excluding hydrogens is 284 g/mol. The molecule has 1 rings (SSSR count). The fourth-order valence-electron chi connectivity index (χ4n) is 2.65. The van der Waals surface area contributed by atoms with Gasteiger partial charge in [-0.25, -0.2) is 0 Å². The number of aliphatic hydroxyl groups excluding tert-OH is 1. The number of nitrogens with one attached hydrogen (secondary N) is 1. The van der Waals surface area contributed by atoms with E-state index in [9.17, 15) is 18.3 Å². The van der Waals surface area contributed by atoms with Crippen molar-refractivity contribution in [2.24, 2.45) is 5.92 Å². The smallest absolute Gasteiger partial charge is 0.304 e. The number of carboxylic acid groups (broad SMARTS) is 1. The molecule has 0 aromatic carbocycles. The van der Waals surface area contributed by atoms with Crippen molar-refractivity contribution in [3.63, 3.8) is 0 Å². The van der Waals surface area contributed by atoms with Crippen LogP contribution < -0.4 is 4.72 Å². The summed E-state index contributed by atoms with van der Waals surface area (Å²) in [6.07, 6.45) is 2.83. The van der Waals surface area contributed by atoms with E-state index in [4.69, 9.17) is 5.11 Å². The first-order valence-electron chi connectivity index (χ1n) is 6.79. The lowest BCUT2D eigenvalue weighted by Crippen LogP contribution is -2.57. The molecule has 1 fully saturated rings. The van der Waals surface area contributed by atoms with Gasteiger partial charge in [-0.05, 0) is 18.8 Å². The molecule has 0 aliphatic heterocycles. The molecule has 2 atom stereocenters. The molecular formula is C12H24N2O5S. The molecule has 3 N–H and O–H groups in total. The molecule has 1 aliphatic carbocycles. The van der Waals surface area contributed by atoms with Crippen LogP contribution >= 0.6 is 0 Å². The van der Waals surface area contributed by atoms with Crippen LogP contribution in [0.2, 0.25) is 0 Å². The zero-order chi connectivity index (χ0) is 15.4. The summed E-state index contributed by atoms with van der Waals surface area (Å²) >= 11 is 0. The van der Waals surface area contributed by atoms with E-state index in [1.807, 2.05) is 6.92 Å². The third-order valence-electron chi connectivity index (χ3n) is 3.79. The summed E-state index contributed by atoms with van der Waals surface area (Å²) in [6.45, 7) is 1.69. The van der Waals surface area contributed by atoms with E-state index in [1.165, 1.54) is 7.05 Å². The Kier molecular flexibility index (Phi) is 5.93. The van der Waals surface area contributed by atoms with E-state index in [1.54, 1.807) is 0 Å². The summed E-state index contributed by atoms with van der Waals surface area (Å²) in [5.41, 5.74) is -0.825. The average molecular weight is 308 g/mol. The van der Waals surface area contributed by atoms with Crippen molar-refractivity contribution < 1.29 is 23.4 Å². The SMILES string of the molecule is CC1CCCC(CO)(NS(=O)(=O)N(C)CCC(=O)O)C1. The molecule has 2 unspecified atom stereocenters. The number of aliphatic hydroxyl groups is 1. The van der Waals surface area contributed by atoms with E-state index in [-0.39, 0.29) is 19.6 Å². The fraction of sp³-hybridized carbons (Fsp3) is 0.917. The molecule has 0 aromatic rings. The minimum Gasteiger partial charge on any atom is -0.481 e. The molecule has 7 nitrogen and oxygen atoms in total. The molecule has 0 heterocycles. The molecule has 20 heavy (non-hydrogen) atoms. The zero-order valence-corrected chi connectivity index (χ0v) is 12.8. The van der Waals surface area contributed by atoms with Gasteiger partial charge in [0.05, 0.1) is 18.6 Å². The number of rotatable bonds is 7. The van der Waals surface area contributed by atoms with Crippen molar-refractivity contribution in [1.29, 1.82) is 0 Å². The Morgan fingerprint density at radius 3 is 2.65 bits per heavy atom. The van der Waals surface area contributed by atoms with Crippen LogP contribution in [0.5, 0.6) is 0 Å². The van der Waals surface area contributed by atoms with Gasteiger partial charge in [0.1, 0.15) is 0 Å². The lowest BCUT2D eigenvalue weighted by atomic mass is 9.78. The molecule has 8 heteroatoms. The van der Waals surface area contributed by atoms with Gasteiger partial charge in [-0.2, -0.15) is 17.4 Å². The Balaban J connectivity index is 2.74. The summed E-state index contributed by atoms with van der Waals surface area (Å²) < 4.78 is 27.9. The van der Waals surface area contributed by atoms with E-state index in [2.05, 4.69) is 4.72 Å². The third kappa shape index (κ3) is 4.69. The molecule has 1 saturated carbocycles. The monoisotopic (exact) mass is 308 g/mol. The normalized spacial score (nSPS) is 27.7. The van der Waals surface area contributed by atoms with Crippen molar-refractivity contribution in [3.05, 3.63) is 0 Å². The minimum atomic E-state index is -3.79. The Hall–Kier alpha value is -0.700. The maximum absolute atomic E-state index is 12.2. The number of carboxylic acids is 1. The first-order chi connectivity index (χ1) is 9.21. The molecule has 0 aromatic heterocycles. The van der Waals surface area contributed by atoms with Crippen LogP contribution in [0.1, 0.15) is 39.0 Å². The van der Waals surface area contributed by atoms with Gasteiger partial charge >= 0.3 is 5.97 Å². The van der Waals surface area contributed by atoms with Crippen LogP contribution in [0.25, 0.3) is 0 Å². The van der Waals surface area contributed by atoms with Crippen molar-refractivity contribution in [3.8, 4) is 0 Å². The quantitative estimate of drug-likeness (QED) is 0.621. The summed E-state index contributed by atoms with van der Waals surface area (Å²) in [5.74, 6) is -0.696. The van der Waals surface area contributed by atoms with Crippen molar-refractivity contribution in [2.45, 2.75) is 44.6 Å². The van der Waals surface area contributed by atoms with Gasteiger partial charge in [0.25, 0.3) is 10.2 Å². The highest BCUT2D eigenvalue weighted by atomic mass is 32.2. The average Bonchev–Trinajstić information content (AvgIpc) is 2.35. The van der Waals surface area contributed by atoms with E-state index in [0.29, 0.717) is 18.8 Å². The van der Waals surface area contributed by atoms with Crippen LogP contribution in [0.15, 0.2) is 0 Å². The van der Waals surface area contributed by atoms with Crippen LogP contribution in [0.4, 0.5) is 0 Å². The Morgan fingerprint density at radius 2 is 2.15 bits per heavy atom. The first-order valence-corrected chi connectivity index (χ1v) is 8.23. The third-order valence-corrected chi connectivity index (χ3v) is 5.48. The second-order valence-corrected chi connectivity index (χ2v) is 7.49. The molecule has 0 bridgehead atoms.